The number of aliphatic imine (C=N–C) groups is 1. The topological polar surface area (TPSA) is 38.7 Å². The molecule has 3 nitrogen and oxygen atoms in total. The number of carbonyl (C=O) groups excluding carboxylic acids is 1. The van der Waals surface area contributed by atoms with Crippen molar-refractivity contribution in [2.75, 3.05) is 0 Å². The molecule has 0 aromatic heterocycles. The van der Waals surface area contributed by atoms with Gasteiger partial charge in [0.25, 0.3) is 0 Å². The number of fused-ring (bicyclic) bond motifs is 3. The van der Waals surface area contributed by atoms with Crippen molar-refractivity contribution in [3.63, 3.8) is 0 Å². The maximum Gasteiger partial charge on any atom is 0.314 e. The fourth-order valence-corrected chi connectivity index (χ4v) is 4.69. The Balaban J connectivity index is 1.83. The van der Waals surface area contributed by atoms with E-state index in [0.29, 0.717) is 12.8 Å². The molecule has 0 spiro atoms. The summed E-state index contributed by atoms with van der Waals surface area (Å²) in [6.07, 6.45) is 8.45. The number of hydrogen-bond acceptors (Lipinski definition) is 4. The van der Waals surface area contributed by atoms with Crippen molar-refractivity contribution in [2.24, 2.45) is 16.3 Å². The lowest BCUT2D eigenvalue weighted by atomic mass is 9.61. The molecule has 25 heavy (non-hydrogen) atoms. The van der Waals surface area contributed by atoms with Gasteiger partial charge in [-0.25, -0.2) is 0 Å². The van der Waals surface area contributed by atoms with Crippen molar-refractivity contribution < 1.29 is 9.53 Å². The minimum atomic E-state index is -0.919. The summed E-state index contributed by atoms with van der Waals surface area (Å²) in [6, 6.07) is 10.1. The number of carbonyl (C=O) groups is 1. The van der Waals surface area contributed by atoms with Gasteiger partial charge in [-0.05, 0) is 62.2 Å². The summed E-state index contributed by atoms with van der Waals surface area (Å²) in [5.74, 6) is 0.752. The van der Waals surface area contributed by atoms with Crippen molar-refractivity contribution in [1.82, 2.24) is 0 Å². The SMILES string of the molecule is CCCC(Cc1ccccc1)(N=C=S)OC(=O)C12CCC(CC1)CC2. The van der Waals surface area contributed by atoms with Gasteiger partial charge in [0.2, 0.25) is 5.72 Å². The number of ether oxygens (including phenoxy) is 1. The first-order valence-corrected chi connectivity index (χ1v) is 9.89. The molecule has 2 bridgehead atoms. The maximum atomic E-state index is 13.2. The second-order valence-corrected chi connectivity index (χ2v) is 7.90. The van der Waals surface area contributed by atoms with Crippen molar-refractivity contribution in [3.8, 4) is 0 Å². The molecular formula is C21H27NO2S. The molecule has 0 saturated heterocycles. The molecule has 0 radical (unpaired) electrons. The van der Waals surface area contributed by atoms with Gasteiger partial charge in [-0.15, -0.1) is 0 Å². The number of nitrogens with zero attached hydrogens (tertiary/aromatic N) is 1. The normalized spacial score (nSPS) is 27.2. The van der Waals surface area contributed by atoms with Crippen LogP contribution in [0.1, 0.15) is 63.9 Å². The van der Waals surface area contributed by atoms with E-state index in [1.54, 1.807) is 0 Å². The molecule has 0 amide bonds. The molecule has 1 aromatic carbocycles. The molecule has 3 fully saturated rings. The molecule has 0 heterocycles. The van der Waals surface area contributed by atoms with Gasteiger partial charge in [-0.2, -0.15) is 4.99 Å². The van der Waals surface area contributed by atoms with Crippen LogP contribution in [-0.2, 0) is 16.0 Å². The summed E-state index contributed by atoms with van der Waals surface area (Å²) in [6.45, 7) is 2.08. The summed E-state index contributed by atoms with van der Waals surface area (Å²) in [4.78, 5) is 17.6. The van der Waals surface area contributed by atoms with Gasteiger partial charge in [0.15, 0.2) is 0 Å². The fraction of sp³-hybridized carbons (Fsp3) is 0.619. The van der Waals surface area contributed by atoms with E-state index in [1.165, 1.54) is 0 Å². The Morgan fingerprint density at radius 3 is 2.48 bits per heavy atom. The van der Waals surface area contributed by atoms with Gasteiger partial charge in [-0.1, -0.05) is 43.7 Å². The molecule has 3 saturated carbocycles. The van der Waals surface area contributed by atoms with Crippen LogP contribution in [-0.4, -0.2) is 16.9 Å². The average Bonchev–Trinajstić information content (AvgIpc) is 2.64. The number of benzene rings is 1. The van der Waals surface area contributed by atoms with Crippen LogP contribution in [0.3, 0.4) is 0 Å². The molecule has 3 aliphatic carbocycles. The predicted molar refractivity (Wildman–Crippen MR) is 103 cm³/mol. The number of thiocarbonyl (C=S) groups is 1. The number of isothiocyanates is 1. The molecular weight excluding hydrogens is 330 g/mol. The summed E-state index contributed by atoms with van der Waals surface area (Å²) in [5.41, 5.74) is -0.109. The molecule has 1 aromatic rings. The molecule has 3 aliphatic rings. The van der Waals surface area contributed by atoms with Gasteiger partial charge in [0.1, 0.15) is 0 Å². The van der Waals surface area contributed by atoms with Crippen LogP contribution < -0.4 is 0 Å². The van der Waals surface area contributed by atoms with Crippen molar-refractivity contribution in [1.29, 1.82) is 0 Å². The highest BCUT2D eigenvalue weighted by Gasteiger charge is 2.49. The van der Waals surface area contributed by atoms with E-state index in [2.05, 4.69) is 17.1 Å². The smallest absolute Gasteiger partial charge is 0.314 e. The van der Waals surface area contributed by atoms with E-state index in [-0.39, 0.29) is 11.4 Å². The molecule has 4 rings (SSSR count). The minimum absolute atomic E-state index is 0.0657. The van der Waals surface area contributed by atoms with Crippen LogP contribution in [0.25, 0.3) is 0 Å². The first-order chi connectivity index (χ1) is 12.1. The maximum absolute atomic E-state index is 13.2. The standard InChI is InChI=1S/C21H27NO2S/c1-2-11-21(22-16-25,15-18-6-4-3-5-7-18)24-19(23)20-12-8-17(9-13-20)10-14-20/h3-7,17H,2,8-15H2,1H3. The van der Waals surface area contributed by atoms with E-state index >= 15 is 0 Å². The number of esters is 1. The van der Waals surface area contributed by atoms with Crippen LogP contribution in [0.5, 0.6) is 0 Å². The zero-order valence-electron chi connectivity index (χ0n) is 15.0. The van der Waals surface area contributed by atoms with Crippen LogP contribution in [0, 0.1) is 11.3 Å². The highest BCUT2D eigenvalue weighted by Crippen LogP contribution is 2.51. The van der Waals surface area contributed by atoms with Crippen LogP contribution in [0.2, 0.25) is 0 Å². The Morgan fingerprint density at radius 1 is 1.28 bits per heavy atom. The van der Waals surface area contributed by atoms with Crippen molar-refractivity contribution >= 4 is 23.3 Å². The van der Waals surface area contributed by atoms with Gasteiger partial charge >= 0.3 is 5.97 Å². The van der Waals surface area contributed by atoms with E-state index in [9.17, 15) is 4.79 Å². The summed E-state index contributed by atoms with van der Waals surface area (Å²) in [7, 11) is 0. The highest BCUT2D eigenvalue weighted by atomic mass is 32.1. The molecule has 0 N–H and O–H groups in total. The number of hydrogen-bond donors (Lipinski definition) is 0. The first kappa shape index (κ1) is 18.3. The van der Waals surface area contributed by atoms with Gasteiger partial charge in [0.05, 0.1) is 10.6 Å². The van der Waals surface area contributed by atoms with E-state index < -0.39 is 5.72 Å². The average molecular weight is 358 g/mol. The summed E-state index contributed by atoms with van der Waals surface area (Å²) >= 11 is 4.90. The summed E-state index contributed by atoms with van der Waals surface area (Å²) in [5, 5.41) is 2.49. The Bertz CT molecular complexity index is 631. The Morgan fingerprint density at radius 2 is 1.92 bits per heavy atom. The lowest BCUT2D eigenvalue weighted by molar-refractivity contribution is -0.179. The van der Waals surface area contributed by atoms with Crippen LogP contribution in [0.4, 0.5) is 0 Å². The second kappa shape index (κ2) is 7.80. The molecule has 0 aliphatic heterocycles. The lowest BCUT2D eigenvalue weighted by Gasteiger charge is -2.45. The van der Waals surface area contributed by atoms with E-state index in [1.807, 2.05) is 30.3 Å². The molecule has 4 heteroatoms. The lowest BCUT2D eigenvalue weighted by Crippen LogP contribution is -2.46. The van der Waals surface area contributed by atoms with E-state index in [0.717, 1.165) is 56.4 Å². The van der Waals surface area contributed by atoms with Crippen LogP contribution in [0.15, 0.2) is 35.3 Å². The third-order valence-electron chi connectivity index (χ3n) is 6.02. The molecule has 134 valence electrons. The Labute approximate surface area is 155 Å². The quantitative estimate of drug-likeness (QED) is 0.375. The van der Waals surface area contributed by atoms with E-state index in [4.69, 9.17) is 17.0 Å². The fourth-order valence-electron chi connectivity index (χ4n) is 4.52. The minimum Gasteiger partial charge on any atom is -0.436 e. The Hall–Kier alpha value is -1.51. The first-order valence-electron chi connectivity index (χ1n) is 9.48. The molecule has 1 unspecified atom stereocenters. The van der Waals surface area contributed by atoms with Gasteiger partial charge < -0.3 is 4.74 Å². The van der Waals surface area contributed by atoms with Crippen molar-refractivity contribution in [3.05, 3.63) is 35.9 Å². The second-order valence-electron chi connectivity index (χ2n) is 7.71. The monoisotopic (exact) mass is 357 g/mol. The highest BCUT2D eigenvalue weighted by molar-refractivity contribution is 7.78. The van der Waals surface area contributed by atoms with Gasteiger partial charge in [0, 0.05) is 12.8 Å². The van der Waals surface area contributed by atoms with Gasteiger partial charge in [-0.3, -0.25) is 4.79 Å². The zero-order valence-corrected chi connectivity index (χ0v) is 15.8. The van der Waals surface area contributed by atoms with Crippen molar-refractivity contribution in [2.45, 2.75) is 70.4 Å². The third-order valence-corrected chi connectivity index (χ3v) is 6.11. The number of rotatable bonds is 7. The Kier molecular flexibility index (Phi) is 5.71. The zero-order chi connectivity index (χ0) is 17.8. The largest absolute Gasteiger partial charge is 0.436 e. The third kappa shape index (κ3) is 4.02. The summed E-state index contributed by atoms with van der Waals surface area (Å²) < 4.78 is 6.15. The predicted octanol–water partition coefficient (Wildman–Crippen LogP) is 5.34. The van der Waals surface area contributed by atoms with Crippen LogP contribution >= 0.6 is 12.2 Å². The molecule has 1 atom stereocenters.